The second-order valence-electron chi connectivity index (χ2n) is 9.63. The minimum Gasteiger partial charge on any atom is -0.444 e. The Bertz CT molecular complexity index is 517. The van der Waals surface area contributed by atoms with Crippen LogP contribution in [-0.4, -0.2) is 93.5 Å². The fourth-order valence-corrected chi connectivity index (χ4v) is 3.14. The molecule has 1 heterocycles. The van der Waals surface area contributed by atoms with Crippen molar-refractivity contribution in [3.63, 3.8) is 0 Å². The average molecular weight is 414 g/mol. The van der Waals surface area contributed by atoms with Crippen molar-refractivity contribution in [2.24, 2.45) is 10.4 Å². The monoisotopic (exact) mass is 413 g/mol. The number of piperazine rings is 1. The van der Waals surface area contributed by atoms with E-state index in [0.29, 0.717) is 6.54 Å². The maximum Gasteiger partial charge on any atom is 0.410 e. The van der Waals surface area contributed by atoms with Gasteiger partial charge in [-0.3, -0.25) is 9.89 Å². The normalized spacial score (nSPS) is 17.8. The molecule has 0 saturated carbocycles. The van der Waals surface area contributed by atoms with Crippen molar-refractivity contribution >= 4 is 12.1 Å². The molecule has 1 rings (SSSR count). The third kappa shape index (κ3) is 10.2. The second kappa shape index (κ2) is 11.6. The Kier molecular flexibility index (Phi) is 10.2. The molecular weight excluding hydrogens is 370 g/mol. The number of carbonyl (C=O) groups excluding carboxylic acids is 1. The van der Waals surface area contributed by atoms with Gasteiger partial charge in [0.25, 0.3) is 0 Å². The molecule has 0 radical (unpaired) electrons. The van der Waals surface area contributed by atoms with E-state index in [2.05, 4.69) is 41.3 Å². The number of carbonyl (C=O) groups is 1. The summed E-state index contributed by atoms with van der Waals surface area (Å²) in [5.41, 5.74) is -0.370. The predicted octanol–water partition coefficient (Wildman–Crippen LogP) is 2.16. The summed E-state index contributed by atoms with van der Waals surface area (Å²) < 4.78 is 11.0. The van der Waals surface area contributed by atoms with Crippen LogP contribution in [0.2, 0.25) is 0 Å². The molecule has 0 aromatic rings. The molecular formula is C21H43N5O3. The standard InChI is InChI=1S/C21H43N5O3/c1-20(2,3)17(28-8)16-24-18(22-7)23-10-9-11-25-12-14-26(15-13-25)19(27)29-21(4,5)6/h17H,9-16H2,1-8H3,(H2,22,23,24). The van der Waals surface area contributed by atoms with Crippen LogP contribution in [0.3, 0.4) is 0 Å². The molecule has 0 aliphatic carbocycles. The van der Waals surface area contributed by atoms with Crippen molar-refractivity contribution in [3.8, 4) is 0 Å². The molecule has 170 valence electrons. The van der Waals surface area contributed by atoms with Crippen molar-refractivity contribution in [1.29, 1.82) is 0 Å². The van der Waals surface area contributed by atoms with Crippen LogP contribution in [-0.2, 0) is 9.47 Å². The molecule has 0 spiro atoms. The lowest BCUT2D eigenvalue weighted by molar-refractivity contribution is 0.0145. The van der Waals surface area contributed by atoms with E-state index in [4.69, 9.17) is 9.47 Å². The summed E-state index contributed by atoms with van der Waals surface area (Å²) in [6.07, 6.45) is 0.917. The number of hydrogen-bond donors (Lipinski definition) is 2. The molecule has 0 aromatic carbocycles. The van der Waals surface area contributed by atoms with Crippen molar-refractivity contribution in [3.05, 3.63) is 0 Å². The largest absolute Gasteiger partial charge is 0.444 e. The van der Waals surface area contributed by atoms with E-state index in [0.717, 1.165) is 51.6 Å². The number of amides is 1. The molecule has 1 aliphatic heterocycles. The van der Waals surface area contributed by atoms with Crippen LogP contribution >= 0.6 is 0 Å². The van der Waals surface area contributed by atoms with Crippen molar-refractivity contribution in [2.45, 2.75) is 59.7 Å². The van der Waals surface area contributed by atoms with Crippen molar-refractivity contribution in [2.75, 3.05) is 60.0 Å². The minimum atomic E-state index is -0.442. The highest BCUT2D eigenvalue weighted by Gasteiger charge is 2.26. The summed E-state index contributed by atoms with van der Waals surface area (Å²) in [6, 6.07) is 0. The molecule has 8 heteroatoms. The SMILES string of the molecule is CN=C(NCCCN1CCN(C(=O)OC(C)(C)C)CC1)NCC(OC)C(C)(C)C. The first kappa shape index (κ1) is 25.5. The average Bonchev–Trinajstić information content (AvgIpc) is 2.61. The van der Waals surface area contributed by atoms with Crippen LogP contribution in [0.25, 0.3) is 0 Å². The van der Waals surface area contributed by atoms with Gasteiger partial charge in [0.05, 0.1) is 6.10 Å². The zero-order valence-corrected chi connectivity index (χ0v) is 19.8. The van der Waals surface area contributed by atoms with Gasteiger partial charge in [0, 0.05) is 53.4 Å². The van der Waals surface area contributed by atoms with E-state index < -0.39 is 5.60 Å². The molecule has 8 nitrogen and oxygen atoms in total. The van der Waals surface area contributed by atoms with Crippen LogP contribution in [0.1, 0.15) is 48.0 Å². The maximum absolute atomic E-state index is 12.1. The lowest BCUT2D eigenvalue weighted by Crippen LogP contribution is -2.50. The Morgan fingerprint density at radius 3 is 2.17 bits per heavy atom. The number of nitrogens with zero attached hydrogens (tertiary/aromatic N) is 3. The van der Waals surface area contributed by atoms with Gasteiger partial charge in [-0.15, -0.1) is 0 Å². The van der Waals surface area contributed by atoms with Crippen LogP contribution in [0, 0.1) is 5.41 Å². The first-order chi connectivity index (χ1) is 13.5. The number of aliphatic imine (C=N–C) groups is 1. The van der Waals surface area contributed by atoms with Gasteiger partial charge < -0.3 is 25.0 Å². The molecule has 1 aliphatic rings. The Balaban J connectivity index is 2.24. The van der Waals surface area contributed by atoms with Gasteiger partial charge in [-0.25, -0.2) is 4.79 Å². The molecule has 0 bridgehead atoms. The summed E-state index contributed by atoms with van der Waals surface area (Å²) in [5, 5.41) is 6.71. The highest BCUT2D eigenvalue weighted by atomic mass is 16.6. The summed E-state index contributed by atoms with van der Waals surface area (Å²) in [4.78, 5) is 20.6. The Hall–Kier alpha value is -1.54. The van der Waals surface area contributed by atoms with Crippen LogP contribution in [0.15, 0.2) is 4.99 Å². The summed E-state index contributed by atoms with van der Waals surface area (Å²) in [7, 11) is 3.53. The van der Waals surface area contributed by atoms with E-state index in [-0.39, 0.29) is 17.6 Å². The number of nitrogens with one attached hydrogen (secondary N) is 2. The third-order valence-corrected chi connectivity index (χ3v) is 4.90. The summed E-state index contributed by atoms with van der Waals surface area (Å²) >= 11 is 0. The Labute approximate surface area is 177 Å². The van der Waals surface area contributed by atoms with Gasteiger partial charge in [-0.1, -0.05) is 20.8 Å². The molecule has 2 N–H and O–H groups in total. The first-order valence-electron chi connectivity index (χ1n) is 10.6. The summed E-state index contributed by atoms with van der Waals surface area (Å²) in [5.74, 6) is 0.797. The van der Waals surface area contributed by atoms with Crippen LogP contribution < -0.4 is 10.6 Å². The third-order valence-electron chi connectivity index (χ3n) is 4.90. The van der Waals surface area contributed by atoms with Crippen LogP contribution in [0.4, 0.5) is 4.79 Å². The molecule has 0 aromatic heterocycles. The number of guanidine groups is 1. The van der Waals surface area contributed by atoms with Gasteiger partial charge in [-0.2, -0.15) is 0 Å². The number of methoxy groups -OCH3 is 1. The predicted molar refractivity (Wildman–Crippen MR) is 118 cm³/mol. The molecule has 1 amide bonds. The van der Waals surface area contributed by atoms with Gasteiger partial charge in [-0.05, 0) is 39.2 Å². The van der Waals surface area contributed by atoms with Gasteiger partial charge in [0.15, 0.2) is 5.96 Å². The summed E-state index contributed by atoms with van der Waals surface area (Å²) in [6.45, 7) is 18.0. The van der Waals surface area contributed by atoms with E-state index in [9.17, 15) is 4.79 Å². The fourth-order valence-electron chi connectivity index (χ4n) is 3.14. The zero-order chi connectivity index (χ0) is 22.1. The van der Waals surface area contributed by atoms with E-state index in [1.54, 1.807) is 19.1 Å². The zero-order valence-electron chi connectivity index (χ0n) is 19.8. The number of ether oxygens (including phenoxy) is 2. The van der Waals surface area contributed by atoms with E-state index in [1.165, 1.54) is 0 Å². The highest BCUT2D eigenvalue weighted by molar-refractivity contribution is 5.79. The van der Waals surface area contributed by atoms with Crippen molar-refractivity contribution < 1.29 is 14.3 Å². The first-order valence-corrected chi connectivity index (χ1v) is 10.6. The van der Waals surface area contributed by atoms with Crippen LogP contribution in [0.5, 0.6) is 0 Å². The lowest BCUT2D eigenvalue weighted by Gasteiger charge is -2.35. The van der Waals surface area contributed by atoms with Gasteiger partial charge in [0.2, 0.25) is 0 Å². The van der Waals surface area contributed by atoms with Crippen molar-refractivity contribution in [1.82, 2.24) is 20.4 Å². The topological polar surface area (TPSA) is 78.4 Å². The number of rotatable bonds is 7. The Morgan fingerprint density at radius 2 is 1.69 bits per heavy atom. The van der Waals surface area contributed by atoms with E-state index in [1.807, 2.05) is 20.8 Å². The molecule has 1 fully saturated rings. The molecule has 1 saturated heterocycles. The Morgan fingerprint density at radius 1 is 1.07 bits per heavy atom. The molecule has 29 heavy (non-hydrogen) atoms. The second-order valence-corrected chi connectivity index (χ2v) is 9.63. The van der Waals surface area contributed by atoms with E-state index >= 15 is 0 Å². The minimum absolute atomic E-state index is 0.0715. The fraction of sp³-hybridized carbons (Fsp3) is 0.905. The smallest absolute Gasteiger partial charge is 0.410 e. The van der Waals surface area contributed by atoms with Gasteiger partial charge in [0.1, 0.15) is 5.60 Å². The lowest BCUT2D eigenvalue weighted by atomic mass is 9.89. The quantitative estimate of drug-likeness (QED) is 0.378. The number of hydrogen-bond acceptors (Lipinski definition) is 5. The molecule has 1 atom stereocenters. The molecule has 1 unspecified atom stereocenters. The van der Waals surface area contributed by atoms with Gasteiger partial charge >= 0.3 is 6.09 Å². The maximum atomic E-state index is 12.1. The highest BCUT2D eigenvalue weighted by Crippen LogP contribution is 2.20.